The number of amides is 1. The molecule has 1 aromatic carbocycles. The first-order valence-corrected chi connectivity index (χ1v) is 7.79. The van der Waals surface area contributed by atoms with Gasteiger partial charge in [-0.25, -0.2) is 4.99 Å². The van der Waals surface area contributed by atoms with Gasteiger partial charge in [0.1, 0.15) is 5.71 Å². The smallest absolute Gasteiger partial charge is 0.277 e. The number of benzene rings is 1. The second-order valence-corrected chi connectivity index (χ2v) is 5.68. The average molecular weight is 315 g/mol. The molecule has 0 atom stereocenters. The van der Waals surface area contributed by atoms with Gasteiger partial charge in [0.15, 0.2) is 0 Å². The molecule has 3 rings (SSSR count). The van der Waals surface area contributed by atoms with Crippen molar-refractivity contribution in [2.75, 3.05) is 0 Å². The Morgan fingerprint density at radius 2 is 2.09 bits per heavy atom. The van der Waals surface area contributed by atoms with E-state index >= 15 is 0 Å². The molecule has 0 unspecified atom stereocenters. The Kier molecular flexibility index (Phi) is 3.94. The number of aryl methyl sites for hydroxylation is 1. The number of hydrogen-bond donors (Lipinski definition) is 2. The van der Waals surface area contributed by atoms with Gasteiger partial charge >= 0.3 is 0 Å². The van der Waals surface area contributed by atoms with Gasteiger partial charge in [0.05, 0.1) is 11.1 Å². The molecule has 2 heterocycles. The van der Waals surface area contributed by atoms with Crippen LogP contribution in [0.2, 0.25) is 0 Å². The van der Waals surface area contributed by atoms with Gasteiger partial charge in [-0.3, -0.25) is 10.1 Å². The van der Waals surface area contributed by atoms with Gasteiger partial charge in [-0.1, -0.05) is 38.0 Å². The molecule has 6 heteroatoms. The fraction of sp³-hybridized carbons (Fsp3) is 0.312. The lowest BCUT2D eigenvalue weighted by atomic mass is 10.1. The molecule has 1 aliphatic heterocycles. The lowest BCUT2D eigenvalue weighted by molar-refractivity contribution is -0.113. The molecule has 2 N–H and O–H groups in total. The van der Waals surface area contributed by atoms with E-state index in [2.05, 4.69) is 17.2 Å². The number of rotatable bonds is 5. The highest BCUT2D eigenvalue weighted by Crippen LogP contribution is 2.33. The third kappa shape index (κ3) is 2.39. The van der Waals surface area contributed by atoms with Crippen LogP contribution in [0.25, 0.3) is 10.9 Å². The summed E-state index contributed by atoms with van der Waals surface area (Å²) in [5.74, 6) is -0.285. The summed E-state index contributed by atoms with van der Waals surface area (Å²) in [5, 5.41) is 14.1. The van der Waals surface area contributed by atoms with Crippen molar-refractivity contribution in [2.24, 2.45) is 4.99 Å². The zero-order valence-electron chi connectivity index (χ0n) is 12.3. The van der Waals surface area contributed by atoms with E-state index in [-0.39, 0.29) is 22.6 Å². The van der Waals surface area contributed by atoms with Gasteiger partial charge in [0.2, 0.25) is 11.0 Å². The summed E-state index contributed by atoms with van der Waals surface area (Å²) in [6.45, 7) is 2.84. The van der Waals surface area contributed by atoms with Crippen molar-refractivity contribution in [3.05, 3.63) is 29.8 Å². The van der Waals surface area contributed by atoms with Crippen molar-refractivity contribution in [1.29, 1.82) is 0 Å². The summed E-state index contributed by atoms with van der Waals surface area (Å²) >= 11 is 4.92. The third-order valence-corrected chi connectivity index (χ3v) is 4.01. The number of hydrogen-bond acceptors (Lipinski definition) is 3. The summed E-state index contributed by atoms with van der Waals surface area (Å²) in [5.41, 5.74) is 1.55. The number of carbonyl (C=O) groups excluding carboxylic acids is 1. The Morgan fingerprint density at radius 1 is 1.32 bits per heavy atom. The Morgan fingerprint density at radius 3 is 2.77 bits per heavy atom. The Hall–Kier alpha value is -2.21. The zero-order valence-corrected chi connectivity index (χ0v) is 13.1. The van der Waals surface area contributed by atoms with E-state index in [4.69, 9.17) is 12.2 Å². The van der Waals surface area contributed by atoms with Crippen LogP contribution in [0, 0.1) is 0 Å². The molecule has 0 aliphatic carbocycles. The monoisotopic (exact) mass is 315 g/mol. The number of carbonyl (C=O) groups is 1. The van der Waals surface area contributed by atoms with Crippen LogP contribution in [0.5, 0.6) is 5.88 Å². The molecule has 1 aromatic heterocycles. The predicted molar refractivity (Wildman–Crippen MR) is 90.4 cm³/mol. The SMILES string of the molecule is CCCCCn1c(O)c(C2=NC(=S)NC2=O)c2ccccc21. The Balaban J connectivity index is 2.14. The van der Waals surface area contributed by atoms with E-state index in [1.807, 2.05) is 28.8 Å². The normalized spacial score (nSPS) is 14.5. The van der Waals surface area contributed by atoms with Crippen molar-refractivity contribution >= 4 is 39.9 Å². The van der Waals surface area contributed by atoms with E-state index in [1.165, 1.54) is 0 Å². The number of para-hydroxylation sites is 1. The molecule has 0 bridgehead atoms. The van der Waals surface area contributed by atoms with Gasteiger partial charge in [-0.2, -0.15) is 0 Å². The zero-order chi connectivity index (χ0) is 15.7. The molecule has 22 heavy (non-hydrogen) atoms. The van der Waals surface area contributed by atoms with E-state index < -0.39 is 0 Å². The molecule has 0 saturated carbocycles. The van der Waals surface area contributed by atoms with E-state index in [1.54, 1.807) is 0 Å². The number of thiocarbonyl (C=S) groups is 1. The fourth-order valence-corrected chi connectivity index (χ4v) is 2.96. The van der Waals surface area contributed by atoms with Crippen LogP contribution in [-0.4, -0.2) is 26.4 Å². The quantitative estimate of drug-likeness (QED) is 0.658. The molecule has 0 saturated heterocycles. The molecule has 114 valence electrons. The topological polar surface area (TPSA) is 66.6 Å². The maximum Gasteiger partial charge on any atom is 0.277 e. The van der Waals surface area contributed by atoms with Crippen molar-refractivity contribution in [2.45, 2.75) is 32.7 Å². The maximum atomic E-state index is 12.0. The highest BCUT2D eigenvalue weighted by atomic mass is 32.1. The number of unbranched alkanes of at least 4 members (excludes halogenated alkanes) is 2. The highest BCUT2D eigenvalue weighted by molar-refractivity contribution is 7.80. The van der Waals surface area contributed by atoms with Gasteiger partial charge in [0.25, 0.3) is 5.91 Å². The minimum absolute atomic E-state index is 0.0795. The van der Waals surface area contributed by atoms with Crippen LogP contribution in [0.4, 0.5) is 0 Å². The Bertz CT molecular complexity index is 792. The summed E-state index contributed by atoms with van der Waals surface area (Å²) in [4.78, 5) is 16.1. The van der Waals surface area contributed by atoms with E-state index in [0.29, 0.717) is 12.1 Å². The van der Waals surface area contributed by atoms with Crippen molar-refractivity contribution in [3.8, 4) is 5.88 Å². The lowest BCUT2D eigenvalue weighted by Gasteiger charge is -2.06. The van der Waals surface area contributed by atoms with Crippen molar-refractivity contribution in [3.63, 3.8) is 0 Å². The van der Waals surface area contributed by atoms with E-state index in [9.17, 15) is 9.90 Å². The first-order chi connectivity index (χ1) is 10.6. The summed E-state index contributed by atoms with van der Waals surface area (Å²) in [6, 6.07) is 7.63. The minimum Gasteiger partial charge on any atom is -0.494 e. The second kappa shape index (κ2) is 5.88. The van der Waals surface area contributed by atoms with Gasteiger partial charge in [-0.05, 0) is 24.7 Å². The van der Waals surface area contributed by atoms with Crippen molar-refractivity contribution in [1.82, 2.24) is 9.88 Å². The maximum absolute atomic E-state index is 12.0. The van der Waals surface area contributed by atoms with Crippen LogP contribution >= 0.6 is 12.2 Å². The molecule has 0 spiro atoms. The fourth-order valence-electron chi connectivity index (χ4n) is 2.78. The van der Waals surface area contributed by atoms with Crippen LogP contribution in [0.15, 0.2) is 29.3 Å². The minimum atomic E-state index is -0.364. The molecular formula is C16H17N3O2S. The number of fused-ring (bicyclic) bond motifs is 1. The molecule has 0 fully saturated rings. The second-order valence-electron chi connectivity index (χ2n) is 5.29. The van der Waals surface area contributed by atoms with Crippen LogP contribution in [0.3, 0.4) is 0 Å². The molecular weight excluding hydrogens is 298 g/mol. The summed E-state index contributed by atoms with van der Waals surface area (Å²) in [7, 11) is 0. The summed E-state index contributed by atoms with van der Waals surface area (Å²) in [6.07, 6.45) is 3.17. The van der Waals surface area contributed by atoms with Crippen molar-refractivity contribution < 1.29 is 9.90 Å². The van der Waals surface area contributed by atoms with Gasteiger partial charge < -0.3 is 9.67 Å². The lowest BCUT2D eigenvalue weighted by Crippen LogP contribution is -2.25. The summed E-state index contributed by atoms with van der Waals surface area (Å²) < 4.78 is 1.84. The molecule has 2 aromatic rings. The third-order valence-electron chi connectivity index (χ3n) is 3.81. The first-order valence-electron chi connectivity index (χ1n) is 7.38. The van der Waals surface area contributed by atoms with Crippen LogP contribution < -0.4 is 5.32 Å². The van der Waals surface area contributed by atoms with Crippen LogP contribution in [0.1, 0.15) is 31.7 Å². The molecule has 5 nitrogen and oxygen atoms in total. The first kappa shape index (κ1) is 14.7. The number of aromatic hydroxyl groups is 1. The molecule has 1 aliphatic rings. The average Bonchev–Trinajstić information content (AvgIpc) is 2.96. The number of nitrogens with zero attached hydrogens (tertiary/aromatic N) is 2. The van der Waals surface area contributed by atoms with Gasteiger partial charge in [0, 0.05) is 11.9 Å². The standard InChI is InChI=1S/C16H17N3O2S/c1-2-3-6-9-19-11-8-5-4-7-10(11)12(15(19)21)13-14(20)18-16(22)17-13/h4-5,7-8,21H,2-3,6,9H2,1H3,(H,18,20,22). The number of nitrogens with one attached hydrogen (secondary N) is 1. The predicted octanol–water partition coefficient (Wildman–Crippen LogP) is 2.74. The van der Waals surface area contributed by atoms with Crippen LogP contribution in [-0.2, 0) is 11.3 Å². The number of aromatic nitrogens is 1. The molecule has 0 radical (unpaired) electrons. The Labute approximate surface area is 133 Å². The molecule has 1 amide bonds. The highest BCUT2D eigenvalue weighted by Gasteiger charge is 2.29. The van der Waals surface area contributed by atoms with Gasteiger partial charge in [-0.15, -0.1) is 0 Å². The number of aliphatic imine (C=N–C) groups is 1. The van der Waals surface area contributed by atoms with E-state index in [0.717, 1.165) is 30.2 Å². The largest absolute Gasteiger partial charge is 0.494 e.